The van der Waals surface area contributed by atoms with Crippen molar-refractivity contribution in [1.29, 1.82) is 0 Å². The van der Waals surface area contributed by atoms with Gasteiger partial charge in [-0.25, -0.2) is 4.79 Å². The number of ether oxygens (including phenoxy) is 2. The zero-order valence-electron chi connectivity index (χ0n) is 15.3. The predicted octanol–water partition coefficient (Wildman–Crippen LogP) is 3.34. The van der Waals surface area contributed by atoms with Crippen LogP contribution in [0, 0.1) is 0 Å². The van der Waals surface area contributed by atoms with Crippen LogP contribution in [0.1, 0.15) is 24.2 Å². The highest BCUT2D eigenvalue weighted by Gasteiger charge is 2.11. The highest BCUT2D eigenvalue weighted by molar-refractivity contribution is 5.95. The quantitative estimate of drug-likeness (QED) is 0.735. The summed E-state index contributed by atoms with van der Waals surface area (Å²) in [5.41, 5.74) is 2.03. The molecule has 2 aromatic carbocycles. The van der Waals surface area contributed by atoms with Crippen LogP contribution in [-0.2, 0) is 9.53 Å². The average Bonchev–Trinajstić information content (AvgIpc) is 2.67. The molecular formula is C20H24N2O4. The number of esters is 1. The van der Waals surface area contributed by atoms with Gasteiger partial charge in [0.05, 0.1) is 12.7 Å². The fraction of sp³-hybridized carbons (Fsp3) is 0.300. The highest BCUT2D eigenvalue weighted by atomic mass is 16.5. The molecule has 0 radical (unpaired) electrons. The van der Waals surface area contributed by atoms with E-state index in [-0.39, 0.29) is 6.61 Å². The smallest absolute Gasteiger partial charge is 0.338 e. The van der Waals surface area contributed by atoms with Crippen molar-refractivity contribution < 1.29 is 19.1 Å². The van der Waals surface area contributed by atoms with Gasteiger partial charge in [0.15, 0.2) is 6.61 Å². The first-order valence-electron chi connectivity index (χ1n) is 8.53. The van der Waals surface area contributed by atoms with Crippen molar-refractivity contribution >= 4 is 23.3 Å². The topological polar surface area (TPSA) is 67.9 Å². The third-order valence-electron chi connectivity index (χ3n) is 3.92. The van der Waals surface area contributed by atoms with E-state index in [1.807, 2.05) is 12.1 Å². The first-order valence-corrected chi connectivity index (χ1v) is 8.53. The molecule has 0 saturated carbocycles. The maximum atomic E-state index is 12.1. The predicted molar refractivity (Wildman–Crippen MR) is 102 cm³/mol. The van der Waals surface area contributed by atoms with Gasteiger partial charge in [-0.05, 0) is 50.2 Å². The Bertz CT molecular complexity index is 740. The van der Waals surface area contributed by atoms with E-state index in [2.05, 4.69) is 24.1 Å². The zero-order valence-corrected chi connectivity index (χ0v) is 15.3. The molecule has 26 heavy (non-hydrogen) atoms. The number of rotatable bonds is 8. The Hall–Kier alpha value is -3.02. The lowest BCUT2D eigenvalue weighted by Gasteiger charge is -2.20. The van der Waals surface area contributed by atoms with E-state index >= 15 is 0 Å². The first kappa shape index (κ1) is 19.3. The molecule has 1 N–H and O–H groups in total. The second-order valence-electron chi connectivity index (χ2n) is 5.58. The molecule has 0 unspecified atom stereocenters. The van der Waals surface area contributed by atoms with Crippen LogP contribution in [0.2, 0.25) is 0 Å². The normalized spacial score (nSPS) is 10.1. The van der Waals surface area contributed by atoms with Crippen molar-refractivity contribution in [3.63, 3.8) is 0 Å². The van der Waals surface area contributed by atoms with Gasteiger partial charge in [-0.15, -0.1) is 0 Å². The van der Waals surface area contributed by atoms with Crippen LogP contribution >= 0.6 is 0 Å². The van der Waals surface area contributed by atoms with Gasteiger partial charge in [-0.3, -0.25) is 4.79 Å². The number of carbonyl (C=O) groups is 2. The van der Waals surface area contributed by atoms with Crippen LogP contribution in [-0.4, -0.2) is 38.7 Å². The van der Waals surface area contributed by atoms with Crippen molar-refractivity contribution in [3.05, 3.63) is 54.1 Å². The van der Waals surface area contributed by atoms with E-state index in [4.69, 9.17) is 9.47 Å². The van der Waals surface area contributed by atoms with E-state index < -0.39 is 11.9 Å². The minimum atomic E-state index is -0.531. The molecule has 0 aliphatic heterocycles. The summed E-state index contributed by atoms with van der Waals surface area (Å²) in [6, 6.07) is 14.1. The number of nitrogens with one attached hydrogen (secondary N) is 1. The summed E-state index contributed by atoms with van der Waals surface area (Å²) in [7, 11) is 1.55. The van der Waals surface area contributed by atoms with Gasteiger partial charge >= 0.3 is 5.97 Å². The summed E-state index contributed by atoms with van der Waals surface area (Å²) < 4.78 is 10.2. The van der Waals surface area contributed by atoms with Crippen molar-refractivity contribution in [2.45, 2.75) is 13.8 Å². The molecule has 0 saturated heterocycles. The Morgan fingerprint density at radius 3 is 2.35 bits per heavy atom. The molecule has 6 nitrogen and oxygen atoms in total. The fourth-order valence-electron chi connectivity index (χ4n) is 2.51. The number of anilines is 2. The maximum Gasteiger partial charge on any atom is 0.338 e. The van der Waals surface area contributed by atoms with E-state index in [0.29, 0.717) is 17.0 Å². The van der Waals surface area contributed by atoms with Gasteiger partial charge in [0.2, 0.25) is 0 Å². The molecule has 0 fully saturated rings. The van der Waals surface area contributed by atoms with E-state index in [1.165, 1.54) is 0 Å². The Morgan fingerprint density at radius 1 is 1.04 bits per heavy atom. The lowest BCUT2D eigenvalue weighted by molar-refractivity contribution is -0.119. The second kappa shape index (κ2) is 9.46. The molecule has 2 rings (SSSR count). The van der Waals surface area contributed by atoms with Gasteiger partial charge in [0.1, 0.15) is 5.75 Å². The van der Waals surface area contributed by atoms with Crippen molar-refractivity contribution in [1.82, 2.24) is 0 Å². The number of carbonyl (C=O) groups excluding carboxylic acids is 2. The molecule has 6 heteroatoms. The molecule has 0 bridgehead atoms. The Balaban J connectivity index is 1.88. The average molecular weight is 356 g/mol. The molecule has 0 aromatic heterocycles. The van der Waals surface area contributed by atoms with Crippen LogP contribution in [0.3, 0.4) is 0 Å². The molecular weight excluding hydrogens is 332 g/mol. The largest absolute Gasteiger partial charge is 0.497 e. The van der Waals surface area contributed by atoms with E-state index in [1.54, 1.807) is 43.5 Å². The van der Waals surface area contributed by atoms with Gasteiger partial charge < -0.3 is 19.7 Å². The lowest BCUT2D eigenvalue weighted by Crippen LogP contribution is -2.22. The number of methoxy groups -OCH3 is 1. The third kappa shape index (κ3) is 5.24. The summed E-state index contributed by atoms with van der Waals surface area (Å²) >= 11 is 0. The van der Waals surface area contributed by atoms with E-state index in [0.717, 1.165) is 18.8 Å². The zero-order chi connectivity index (χ0) is 18.9. The monoisotopic (exact) mass is 356 g/mol. The third-order valence-corrected chi connectivity index (χ3v) is 3.92. The van der Waals surface area contributed by atoms with Crippen LogP contribution < -0.4 is 15.0 Å². The molecule has 0 aliphatic rings. The molecule has 2 aromatic rings. The minimum Gasteiger partial charge on any atom is -0.497 e. The SMILES string of the molecule is CCN(CC)c1ccc(C(=O)OCC(=O)Nc2cccc(OC)c2)cc1. The van der Waals surface area contributed by atoms with Gasteiger partial charge in [0.25, 0.3) is 5.91 Å². The lowest BCUT2D eigenvalue weighted by atomic mass is 10.2. The Kier molecular flexibility index (Phi) is 7.02. The van der Waals surface area contributed by atoms with Crippen LogP contribution in [0.15, 0.2) is 48.5 Å². The maximum absolute atomic E-state index is 12.1. The van der Waals surface area contributed by atoms with Gasteiger partial charge in [-0.2, -0.15) is 0 Å². The van der Waals surface area contributed by atoms with Gasteiger partial charge in [-0.1, -0.05) is 6.07 Å². The Labute approximate surface area is 153 Å². The fourth-order valence-corrected chi connectivity index (χ4v) is 2.51. The van der Waals surface area contributed by atoms with Gasteiger partial charge in [0, 0.05) is 30.5 Å². The number of nitrogens with zero attached hydrogens (tertiary/aromatic N) is 1. The molecule has 0 aliphatic carbocycles. The van der Waals surface area contributed by atoms with Crippen molar-refractivity contribution in [2.24, 2.45) is 0 Å². The van der Waals surface area contributed by atoms with Crippen LogP contribution in [0.4, 0.5) is 11.4 Å². The highest BCUT2D eigenvalue weighted by Crippen LogP contribution is 2.17. The molecule has 0 spiro atoms. The summed E-state index contributed by atoms with van der Waals surface area (Å²) in [6.07, 6.45) is 0. The number of hydrogen-bond acceptors (Lipinski definition) is 5. The molecule has 0 atom stereocenters. The van der Waals surface area contributed by atoms with Crippen molar-refractivity contribution in [2.75, 3.05) is 37.0 Å². The molecule has 0 heterocycles. The summed E-state index contributed by atoms with van der Waals surface area (Å²) in [5, 5.41) is 2.66. The Morgan fingerprint density at radius 2 is 1.73 bits per heavy atom. The number of benzene rings is 2. The molecule has 138 valence electrons. The number of amides is 1. The molecule has 1 amide bonds. The van der Waals surface area contributed by atoms with Crippen LogP contribution in [0.25, 0.3) is 0 Å². The van der Waals surface area contributed by atoms with Crippen molar-refractivity contribution in [3.8, 4) is 5.75 Å². The minimum absolute atomic E-state index is 0.353. The van der Waals surface area contributed by atoms with Crippen LogP contribution in [0.5, 0.6) is 5.75 Å². The van der Waals surface area contributed by atoms with E-state index in [9.17, 15) is 9.59 Å². The standard InChI is InChI=1S/C20H24N2O4/c1-4-22(5-2)17-11-9-15(10-12-17)20(24)26-14-19(23)21-16-7-6-8-18(13-16)25-3/h6-13H,4-5,14H2,1-3H3,(H,21,23). The number of hydrogen-bond donors (Lipinski definition) is 1. The summed E-state index contributed by atoms with van der Waals surface area (Å²) in [5.74, 6) is -0.309. The summed E-state index contributed by atoms with van der Waals surface area (Å²) in [6.45, 7) is 5.59. The first-order chi connectivity index (χ1) is 12.6. The summed E-state index contributed by atoms with van der Waals surface area (Å²) in [4.78, 5) is 26.2. The second-order valence-corrected chi connectivity index (χ2v) is 5.58.